The Kier molecular flexibility index (Phi) is 11.4. The highest BCUT2D eigenvalue weighted by Gasteiger charge is 2.19. The molecule has 212 valence electrons. The lowest BCUT2D eigenvalue weighted by molar-refractivity contribution is 0.0750. The Labute approximate surface area is 239 Å². The van der Waals surface area contributed by atoms with E-state index in [4.69, 9.17) is 14.5 Å². The van der Waals surface area contributed by atoms with E-state index in [1.807, 2.05) is 22.4 Å². The zero-order valence-electron chi connectivity index (χ0n) is 24.8. The van der Waals surface area contributed by atoms with Gasteiger partial charge in [0.2, 0.25) is 0 Å². The van der Waals surface area contributed by atoms with Crippen molar-refractivity contribution < 1.29 is 14.3 Å². The number of nitrogens with zero attached hydrogens (tertiary/aromatic N) is 3. The summed E-state index contributed by atoms with van der Waals surface area (Å²) in [6.45, 7) is 14.8. The van der Waals surface area contributed by atoms with E-state index < -0.39 is 0 Å². The Hall–Kier alpha value is -2.90. The first-order valence-corrected chi connectivity index (χ1v) is 14.8. The molecule has 0 N–H and O–H groups in total. The molecular formula is C32H45N3O3S. The average Bonchev–Trinajstić information content (AvgIpc) is 3.39. The van der Waals surface area contributed by atoms with Crippen molar-refractivity contribution in [3.05, 3.63) is 75.2 Å². The lowest BCUT2D eigenvalue weighted by Gasteiger charge is -2.23. The number of aromatic nitrogens is 1. The third-order valence-corrected chi connectivity index (χ3v) is 7.63. The first-order chi connectivity index (χ1) is 18.7. The van der Waals surface area contributed by atoms with E-state index >= 15 is 0 Å². The Bertz CT molecular complexity index is 1180. The molecule has 0 unspecified atom stereocenters. The fourth-order valence-electron chi connectivity index (χ4n) is 4.60. The van der Waals surface area contributed by atoms with Gasteiger partial charge in [-0.15, -0.1) is 11.3 Å². The molecule has 7 heteroatoms. The molecular weight excluding hydrogens is 506 g/mol. The highest BCUT2D eigenvalue weighted by molar-refractivity contribution is 7.09. The van der Waals surface area contributed by atoms with Crippen LogP contribution in [0.3, 0.4) is 0 Å². The summed E-state index contributed by atoms with van der Waals surface area (Å²) < 4.78 is 10.9. The van der Waals surface area contributed by atoms with Gasteiger partial charge in [0.15, 0.2) is 11.5 Å². The van der Waals surface area contributed by atoms with Crippen molar-refractivity contribution in [1.29, 1.82) is 0 Å². The van der Waals surface area contributed by atoms with Crippen LogP contribution in [0.25, 0.3) is 0 Å². The normalized spacial score (nSPS) is 11.6. The fraction of sp³-hybridized carbons (Fsp3) is 0.500. The summed E-state index contributed by atoms with van der Waals surface area (Å²) in [6, 6.07) is 15.0. The van der Waals surface area contributed by atoms with E-state index in [2.05, 4.69) is 69.9 Å². The van der Waals surface area contributed by atoms with Crippen molar-refractivity contribution in [3.8, 4) is 11.5 Å². The zero-order chi connectivity index (χ0) is 28.4. The number of hydrogen-bond donors (Lipinski definition) is 0. The van der Waals surface area contributed by atoms with Crippen LogP contribution in [0.1, 0.15) is 79.6 Å². The van der Waals surface area contributed by atoms with E-state index in [0.717, 1.165) is 61.9 Å². The van der Waals surface area contributed by atoms with Gasteiger partial charge in [-0.25, -0.2) is 4.98 Å². The van der Waals surface area contributed by atoms with Crippen LogP contribution in [0.15, 0.2) is 47.8 Å². The standard InChI is InChI=1S/C32H45N3O3S/c1-8-17-35(18-9-2)31(36)27-23-39-30(33-27)22-34(21-25-10-13-26(14-11-25)32(3,4)5)19-16-24-12-15-28(37-6)29(20-24)38-7/h10-15,20,23H,8-9,16-19,21-22H2,1-7H3. The maximum Gasteiger partial charge on any atom is 0.273 e. The van der Waals surface area contributed by atoms with Gasteiger partial charge in [-0.3, -0.25) is 9.69 Å². The van der Waals surface area contributed by atoms with Gasteiger partial charge in [0.1, 0.15) is 10.7 Å². The van der Waals surface area contributed by atoms with Crippen molar-refractivity contribution in [1.82, 2.24) is 14.8 Å². The number of amides is 1. The molecule has 3 aromatic rings. The second kappa shape index (κ2) is 14.5. The van der Waals surface area contributed by atoms with Crippen LogP contribution < -0.4 is 9.47 Å². The third-order valence-electron chi connectivity index (χ3n) is 6.79. The van der Waals surface area contributed by atoms with Crippen molar-refractivity contribution in [2.24, 2.45) is 0 Å². The zero-order valence-corrected chi connectivity index (χ0v) is 25.6. The van der Waals surface area contributed by atoms with Gasteiger partial charge < -0.3 is 14.4 Å². The molecule has 1 aromatic heterocycles. The van der Waals surface area contributed by atoms with Gasteiger partial charge in [-0.05, 0) is 53.5 Å². The molecule has 0 saturated carbocycles. The van der Waals surface area contributed by atoms with E-state index in [1.54, 1.807) is 25.6 Å². The molecule has 0 aliphatic carbocycles. The number of benzene rings is 2. The van der Waals surface area contributed by atoms with Crippen LogP contribution in [0.5, 0.6) is 11.5 Å². The Morgan fingerprint density at radius 2 is 1.51 bits per heavy atom. The van der Waals surface area contributed by atoms with Crippen LogP contribution in [-0.2, 0) is 24.9 Å². The molecule has 0 aliphatic rings. The van der Waals surface area contributed by atoms with Crippen molar-refractivity contribution >= 4 is 17.2 Å². The van der Waals surface area contributed by atoms with E-state index in [1.165, 1.54) is 16.7 Å². The molecule has 0 fully saturated rings. The second-order valence-corrected chi connectivity index (χ2v) is 12.0. The summed E-state index contributed by atoms with van der Waals surface area (Å²) >= 11 is 1.57. The number of carbonyl (C=O) groups is 1. The Morgan fingerprint density at radius 1 is 0.872 bits per heavy atom. The second-order valence-electron chi connectivity index (χ2n) is 11.0. The van der Waals surface area contributed by atoms with Gasteiger partial charge in [0.05, 0.1) is 20.8 Å². The quantitative estimate of drug-likeness (QED) is 0.217. The third kappa shape index (κ3) is 8.80. The number of carbonyl (C=O) groups excluding carboxylic acids is 1. The number of ether oxygens (including phenoxy) is 2. The first kappa shape index (κ1) is 30.6. The van der Waals surface area contributed by atoms with E-state index in [-0.39, 0.29) is 11.3 Å². The number of hydrogen-bond acceptors (Lipinski definition) is 6. The van der Waals surface area contributed by atoms with Crippen molar-refractivity contribution in [2.75, 3.05) is 33.9 Å². The molecule has 0 atom stereocenters. The molecule has 3 rings (SSSR count). The minimum Gasteiger partial charge on any atom is -0.493 e. The molecule has 0 spiro atoms. The van der Waals surface area contributed by atoms with Gasteiger partial charge in [-0.1, -0.05) is 65.0 Å². The lowest BCUT2D eigenvalue weighted by atomic mass is 9.87. The van der Waals surface area contributed by atoms with Crippen LogP contribution in [0, 0.1) is 0 Å². The lowest BCUT2D eigenvalue weighted by Crippen LogP contribution is -2.32. The van der Waals surface area contributed by atoms with Gasteiger partial charge in [0, 0.05) is 31.6 Å². The van der Waals surface area contributed by atoms with Gasteiger partial charge in [0.25, 0.3) is 5.91 Å². The Morgan fingerprint density at radius 3 is 2.10 bits per heavy atom. The largest absolute Gasteiger partial charge is 0.493 e. The SMILES string of the molecule is CCCN(CCC)C(=O)c1csc(CN(CCc2ccc(OC)c(OC)c2)Cc2ccc(C(C)(C)C)cc2)n1. The van der Waals surface area contributed by atoms with E-state index in [0.29, 0.717) is 12.2 Å². The summed E-state index contributed by atoms with van der Waals surface area (Å²) in [4.78, 5) is 22.2. The smallest absolute Gasteiger partial charge is 0.273 e. The molecule has 0 saturated heterocycles. The predicted molar refractivity (Wildman–Crippen MR) is 161 cm³/mol. The van der Waals surface area contributed by atoms with Gasteiger partial charge >= 0.3 is 0 Å². The molecule has 39 heavy (non-hydrogen) atoms. The number of methoxy groups -OCH3 is 2. The summed E-state index contributed by atoms with van der Waals surface area (Å²) in [6.07, 6.45) is 2.75. The molecule has 2 aromatic carbocycles. The Balaban J connectivity index is 1.78. The average molecular weight is 552 g/mol. The van der Waals surface area contributed by atoms with Gasteiger partial charge in [-0.2, -0.15) is 0 Å². The minimum atomic E-state index is 0.0378. The van der Waals surface area contributed by atoms with Crippen molar-refractivity contribution in [3.63, 3.8) is 0 Å². The van der Waals surface area contributed by atoms with Crippen LogP contribution in [0.4, 0.5) is 0 Å². The summed E-state index contributed by atoms with van der Waals surface area (Å²) in [5.74, 6) is 1.51. The molecule has 0 radical (unpaired) electrons. The molecule has 0 aliphatic heterocycles. The highest BCUT2D eigenvalue weighted by atomic mass is 32.1. The van der Waals surface area contributed by atoms with Crippen molar-refractivity contribution in [2.45, 2.75) is 72.4 Å². The maximum absolute atomic E-state index is 13.1. The fourth-order valence-corrected chi connectivity index (χ4v) is 5.40. The van der Waals surface area contributed by atoms with E-state index in [9.17, 15) is 4.79 Å². The number of rotatable bonds is 14. The van der Waals surface area contributed by atoms with Crippen LogP contribution >= 0.6 is 11.3 Å². The first-order valence-electron chi connectivity index (χ1n) is 13.9. The summed E-state index contributed by atoms with van der Waals surface area (Å²) in [5, 5.41) is 2.88. The monoisotopic (exact) mass is 551 g/mol. The topological polar surface area (TPSA) is 54.9 Å². The molecule has 6 nitrogen and oxygen atoms in total. The molecule has 0 bridgehead atoms. The van der Waals surface area contributed by atoms with Crippen LogP contribution in [0.2, 0.25) is 0 Å². The number of thiazole rings is 1. The molecule has 1 heterocycles. The highest BCUT2D eigenvalue weighted by Crippen LogP contribution is 2.28. The minimum absolute atomic E-state index is 0.0378. The van der Waals surface area contributed by atoms with Crippen LogP contribution in [-0.4, -0.2) is 54.5 Å². The maximum atomic E-state index is 13.1. The summed E-state index contributed by atoms with van der Waals surface area (Å²) in [7, 11) is 3.32. The predicted octanol–water partition coefficient (Wildman–Crippen LogP) is 6.96. The molecule has 1 amide bonds. The summed E-state index contributed by atoms with van der Waals surface area (Å²) in [5.41, 5.74) is 4.46.